The van der Waals surface area contributed by atoms with E-state index in [4.69, 9.17) is 0 Å². The number of benzene rings is 1. The monoisotopic (exact) mass is 273 g/mol. The zero-order chi connectivity index (χ0) is 13.6. The van der Waals surface area contributed by atoms with E-state index in [1.165, 1.54) is 5.56 Å². The minimum atomic E-state index is -4.56. The van der Waals surface area contributed by atoms with Gasteiger partial charge < -0.3 is 9.04 Å². The molecule has 0 unspecified atom stereocenters. The second kappa shape index (κ2) is 6.29. The van der Waals surface area contributed by atoms with E-state index >= 15 is 0 Å². The summed E-state index contributed by atoms with van der Waals surface area (Å²) in [5, 5.41) is 0. The summed E-state index contributed by atoms with van der Waals surface area (Å²) in [4.78, 5) is 0. The van der Waals surface area contributed by atoms with Gasteiger partial charge in [-0.15, -0.1) is 0 Å². The Morgan fingerprint density at radius 1 is 1.22 bits per heavy atom. The summed E-state index contributed by atoms with van der Waals surface area (Å²) < 4.78 is 35.7. The normalized spacial score (nSPS) is 12.6. The number of rotatable bonds is 7. The Balaban J connectivity index is 2.36. The molecule has 0 aliphatic carbocycles. The highest BCUT2D eigenvalue weighted by Crippen LogP contribution is 2.09. The van der Waals surface area contributed by atoms with Gasteiger partial charge in [-0.05, 0) is 0 Å². The van der Waals surface area contributed by atoms with Crippen molar-refractivity contribution in [1.82, 2.24) is 0 Å². The van der Waals surface area contributed by atoms with E-state index in [1.54, 1.807) is 0 Å². The van der Waals surface area contributed by atoms with Crippen molar-refractivity contribution in [1.29, 1.82) is 0 Å². The van der Waals surface area contributed by atoms with Crippen LogP contribution in [0.1, 0.15) is 12.0 Å². The largest absolute Gasteiger partial charge is 0.726 e. The van der Waals surface area contributed by atoms with Crippen LogP contribution in [0, 0.1) is 0 Å². The third kappa shape index (κ3) is 6.70. The first-order valence-corrected chi connectivity index (χ1v) is 7.08. The lowest BCUT2D eigenvalue weighted by Crippen LogP contribution is -2.40. The molecule has 6 heteroatoms. The van der Waals surface area contributed by atoms with Crippen LogP contribution in [-0.2, 0) is 21.1 Å². The molecule has 0 saturated heterocycles. The van der Waals surface area contributed by atoms with Crippen LogP contribution >= 0.6 is 0 Å². The highest BCUT2D eigenvalue weighted by atomic mass is 32.3. The highest BCUT2D eigenvalue weighted by Gasteiger charge is 2.15. The van der Waals surface area contributed by atoms with Gasteiger partial charge in [-0.3, -0.25) is 4.18 Å². The van der Waals surface area contributed by atoms with Crippen LogP contribution in [-0.4, -0.2) is 44.7 Å². The lowest BCUT2D eigenvalue weighted by atomic mass is 10.2. The third-order valence-electron chi connectivity index (χ3n) is 2.59. The molecule has 1 aromatic carbocycles. The van der Waals surface area contributed by atoms with Crippen molar-refractivity contribution in [2.75, 3.05) is 27.2 Å². The third-order valence-corrected chi connectivity index (χ3v) is 3.04. The van der Waals surface area contributed by atoms with Crippen molar-refractivity contribution in [3.05, 3.63) is 35.9 Å². The molecule has 0 spiro atoms. The van der Waals surface area contributed by atoms with E-state index in [0.29, 0.717) is 10.9 Å². The smallest absolute Gasteiger partial charge is 0.217 e. The highest BCUT2D eigenvalue weighted by molar-refractivity contribution is 7.80. The van der Waals surface area contributed by atoms with E-state index in [-0.39, 0.29) is 6.61 Å². The zero-order valence-corrected chi connectivity index (χ0v) is 11.5. The van der Waals surface area contributed by atoms with Gasteiger partial charge in [0.15, 0.2) is 0 Å². The molecule has 0 aliphatic rings. The summed E-state index contributed by atoms with van der Waals surface area (Å²) in [7, 11) is -0.449. The summed E-state index contributed by atoms with van der Waals surface area (Å²) in [6.07, 6.45) is 0.529. The topological polar surface area (TPSA) is 66.4 Å². The number of nitrogens with zero attached hydrogens (tertiary/aromatic N) is 1. The van der Waals surface area contributed by atoms with Crippen LogP contribution in [0.3, 0.4) is 0 Å². The van der Waals surface area contributed by atoms with Crippen molar-refractivity contribution in [2.45, 2.75) is 13.0 Å². The Morgan fingerprint density at radius 3 is 2.39 bits per heavy atom. The summed E-state index contributed by atoms with van der Waals surface area (Å²) in [5.74, 6) is 0. The first kappa shape index (κ1) is 15.1. The molecule has 102 valence electrons. The molecule has 0 aliphatic heterocycles. The Labute approximate surface area is 109 Å². The lowest BCUT2D eigenvalue weighted by molar-refractivity contribution is -0.903. The maximum Gasteiger partial charge on any atom is 0.217 e. The second-order valence-corrected chi connectivity index (χ2v) is 5.94. The molecule has 0 saturated carbocycles. The fraction of sp³-hybridized carbons (Fsp3) is 0.500. The maximum atomic E-state index is 10.3. The summed E-state index contributed by atoms with van der Waals surface area (Å²) in [6, 6.07) is 10.1. The first-order chi connectivity index (χ1) is 8.29. The lowest BCUT2D eigenvalue weighted by Gasteiger charge is -2.30. The molecule has 0 aromatic heterocycles. The Bertz CT molecular complexity index is 456. The van der Waals surface area contributed by atoms with Gasteiger partial charge in [-0.2, -0.15) is 0 Å². The average molecular weight is 273 g/mol. The Hall–Kier alpha value is -0.950. The van der Waals surface area contributed by atoms with Crippen molar-refractivity contribution >= 4 is 10.4 Å². The minimum Gasteiger partial charge on any atom is -0.726 e. The van der Waals surface area contributed by atoms with Crippen molar-refractivity contribution in [2.24, 2.45) is 0 Å². The van der Waals surface area contributed by atoms with Crippen molar-refractivity contribution < 1.29 is 21.6 Å². The van der Waals surface area contributed by atoms with Crippen molar-refractivity contribution in [3.8, 4) is 0 Å². The number of hydrogen-bond acceptors (Lipinski definition) is 4. The SMILES string of the molecule is C[N+](C)(CCCOS(=O)(=O)[O-])Cc1ccccc1. The van der Waals surface area contributed by atoms with Crippen LogP contribution in [0.2, 0.25) is 0 Å². The molecule has 0 heterocycles. The molecule has 0 amide bonds. The van der Waals surface area contributed by atoms with Crippen LogP contribution in [0.4, 0.5) is 0 Å². The molecule has 0 N–H and O–H groups in total. The van der Waals surface area contributed by atoms with Crippen molar-refractivity contribution in [3.63, 3.8) is 0 Å². The molecule has 18 heavy (non-hydrogen) atoms. The molecular weight excluding hydrogens is 254 g/mol. The zero-order valence-electron chi connectivity index (χ0n) is 10.7. The number of hydrogen-bond donors (Lipinski definition) is 0. The Morgan fingerprint density at radius 2 is 1.83 bits per heavy atom. The molecule has 0 fully saturated rings. The molecular formula is C12H19NO4S. The average Bonchev–Trinajstić information content (AvgIpc) is 2.24. The van der Waals surface area contributed by atoms with Gasteiger partial charge in [-0.1, -0.05) is 30.3 Å². The molecule has 0 bridgehead atoms. The van der Waals surface area contributed by atoms with E-state index in [0.717, 1.165) is 13.1 Å². The van der Waals surface area contributed by atoms with Gasteiger partial charge in [0.25, 0.3) is 0 Å². The minimum absolute atomic E-state index is 0.0533. The predicted octanol–water partition coefficient (Wildman–Crippen LogP) is 1.13. The van der Waals surface area contributed by atoms with E-state index in [9.17, 15) is 13.0 Å². The molecule has 1 aromatic rings. The van der Waals surface area contributed by atoms with Crippen LogP contribution in [0.15, 0.2) is 30.3 Å². The second-order valence-electron chi connectivity index (χ2n) is 4.89. The van der Waals surface area contributed by atoms with E-state index in [1.807, 2.05) is 18.2 Å². The molecule has 0 radical (unpaired) electrons. The molecule has 1 rings (SSSR count). The van der Waals surface area contributed by atoms with Gasteiger partial charge in [0.05, 0.1) is 27.2 Å². The summed E-state index contributed by atoms with van der Waals surface area (Å²) in [5.41, 5.74) is 1.22. The van der Waals surface area contributed by atoms with Gasteiger partial charge in [0.1, 0.15) is 6.54 Å². The Kier molecular flexibility index (Phi) is 5.28. The van der Waals surface area contributed by atoms with Gasteiger partial charge in [-0.25, -0.2) is 8.42 Å². The quantitative estimate of drug-likeness (QED) is 0.323. The van der Waals surface area contributed by atoms with Gasteiger partial charge >= 0.3 is 0 Å². The van der Waals surface area contributed by atoms with Crippen LogP contribution < -0.4 is 0 Å². The summed E-state index contributed by atoms with van der Waals surface area (Å²) >= 11 is 0. The van der Waals surface area contributed by atoms with Gasteiger partial charge in [0, 0.05) is 12.0 Å². The maximum absolute atomic E-state index is 10.3. The molecule has 0 atom stereocenters. The van der Waals surface area contributed by atoms with Crippen LogP contribution in [0.25, 0.3) is 0 Å². The first-order valence-electron chi connectivity index (χ1n) is 5.75. The fourth-order valence-corrected chi connectivity index (χ4v) is 2.13. The fourth-order valence-electron chi connectivity index (χ4n) is 1.81. The number of quaternary nitrogens is 1. The molecule has 5 nitrogen and oxygen atoms in total. The summed E-state index contributed by atoms with van der Waals surface area (Å²) in [6.45, 7) is 1.54. The predicted molar refractivity (Wildman–Crippen MR) is 67.4 cm³/mol. The van der Waals surface area contributed by atoms with E-state index < -0.39 is 10.4 Å². The van der Waals surface area contributed by atoms with Crippen LogP contribution in [0.5, 0.6) is 0 Å². The van der Waals surface area contributed by atoms with E-state index in [2.05, 4.69) is 30.4 Å². The van der Waals surface area contributed by atoms with Gasteiger partial charge in [0.2, 0.25) is 10.4 Å². The standard InChI is InChI=1S/C12H19NO4S/c1-13(2,9-6-10-17-18(14,15)16)11-12-7-4-3-5-8-12/h3-5,7-8H,6,9-11H2,1-2H3.